The number of methoxy groups -OCH3 is 1. The van der Waals surface area contributed by atoms with Gasteiger partial charge in [-0.15, -0.1) is 0 Å². The minimum atomic E-state index is -1.65. The number of nitriles is 1. The topological polar surface area (TPSA) is 82.4 Å². The second-order valence-corrected chi connectivity index (χ2v) is 9.49. The molecule has 0 radical (unpaired) electrons. The van der Waals surface area contributed by atoms with Crippen LogP contribution in [-0.2, 0) is 14.3 Å². The average Bonchev–Trinajstić information content (AvgIpc) is 3.21. The number of nitrogens with one attached hydrogen (secondary N) is 1. The number of esters is 1. The molecule has 0 saturated carbocycles. The van der Waals surface area contributed by atoms with Crippen LogP contribution >= 0.6 is 15.9 Å². The molecule has 0 bridgehead atoms. The van der Waals surface area contributed by atoms with Crippen LogP contribution in [0.15, 0.2) is 89.4 Å². The molecule has 0 aromatic heterocycles. The second-order valence-electron chi connectivity index (χ2n) is 8.57. The minimum absolute atomic E-state index is 0.305. The van der Waals surface area contributed by atoms with Crippen LogP contribution in [0.2, 0.25) is 0 Å². The molecule has 1 fully saturated rings. The lowest BCUT2D eigenvalue weighted by molar-refractivity contribution is -0.150. The molecular formula is C28H22BrN3O3. The molecule has 1 saturated heterocycles. The Balaban J connectivity index is 1.75. The Hall–Kier alpha value is -3.89. The summed E-state index contributed by atoms with van der Waals surface area (Å²) in [6, 6.07) is 25.0. The summed E-state index contributed by atoms with van der Waals surface area (Å²) < 4.78 is 6.08. The summed E-state index contributed by atoms with van der Waals surface area (Å²) in [6.45, 7) is 0. The van der Waals surface area contributed by atoms with Gasteiger partial charge in [-0.1, -0.05) is 76.6 Å². The number of rotatable bonds is 4. The van der Waals surface area contributed by atoms with E-state index in [4.69, 9.17) is 4.74 Å². The average molecular weight is 528 g/mol. The van der Waals surface area contributed by atoms with Gasteiger partial charge in [-0.25, -0.2) is 0 Å². The van der Waals surface area contributed by atoms with Gasteiger partial charge in [0.15, 0.2) is 5.41 Å². The van der Waals surface area contributed by atoms with E-state index in [1.165, 1.54) is 7.11 Å². The molecule has 2 heterocycles. The molecule has 3 aromatic rings. The first-order valence-corrected chi connectivity index (χ1v) is 12.0. The number of carbonyl (C=O) groups is 2. The molecule has 174 valence electrons. The van der Waals surface area contributed by atoms with E-state index in [0.717, 1.165) is 15.7 Å². The molecule has 2 aliphatic heterocycles. The molecule has 5 rings (SSSR count). The van der Waals surface area contributed by atoms with Crippen molar-refractivity contribution in [2.45, 2.75) is 18.0 Å². The fraction of sp³-hybridized carbons (Fsp3) is 0.179. The van der Waals surface area contributed by atoms with Crippen molar-refractivity contribution in [3.05, 3.63) is 101 Å². The molecule has 0 aliphatic carbocycles. The van der Waals surface area contributed by atoms with E-state index < -0.39 is 29.4 Å². The zero-order valence-electron chi connectivity index (χ0n) is 18.9. The number of anilines is 2. The number of hydrogen-bond acceptors (Lipinski definition) is 5. The summed E-state index contributed by atoms with van der Waals surface area (Å²) in [7, 11) is 1.28. The first-order valence-electron chi connectivity index (χ1n) is 11.2. The number of para-hydroxylation sites is 2. The third-order valence-corrected chi connectivity index (χ3v) is 7.32. The van der Waals surface area contributed by atoms with Gasteiger partial charge in [-0.05, 0) is 41.5 Å². The van der Waals surface area contributed by atoms with Gasteiger partial charge >= 0.3 is 5.97 Å². The zero-order valence-corrected chi connectivity index (χ0v) is 20.5. The van der Waals surface area contributed by atoms with Crippen molar-refractivity contribution in [2.75, 3.05) is 17.3 Å². The van der Waals surface area contributed by atoms with Crippen molar-refractivity contribution < 1.29 is 14.3 Å². The summed E-state index contributed by atoms with van der Waals surface area (Å²) in [4.78, 5) is 29.4. The molecular weight excluding hydrogens is 506 g/mol. The summed E-state index contributed by atoms with van der Waals surface area (Å²) in [5.41, 5.74) is 1.39. The van der Waals surface area contributed by atoms with Gasteiger partial charge in [-0.3, -0.25) is 9.59 Å². The number of halogens is 1. The number of amides is 1. The molecule has 4 atom stereocenters. The molecule has 2 aliphatic rings. The number of carbonyl (C=O) groups excluding carboxylic acids is 2. The molecule has 4 unspecified atom stereocenters. The Bertz CT molecular complexity index is 1350. The maximum atomic E-state index is 14.0. The third kappa shape index (κ3) is 3.62. The Kier molecular flexibility index (Phi) is 5.91. The maximum absolute atomic E-state index is 14.0. The predicted molar refractivity (Wildman–Crippen MR) is 138 cm³/mol. The SMILES string of the molecule is COC(=O)C1(C#N)C(c2ccc(Br)cc2)C(C(=O)Nc2ccccc2)N2c3ccccc3C=CC21. The highest BCUT2D eigenvalue weighted by Crippen LogP contribution is 2.56. The van der Waals surface area contributed by atoms with Crippen LogP contribution in [0, 0.1) is 16.7 Å². The molecule has 1 N–H and O–H groups in total. The van der Waals surface area contributed by atoms with E-state index in [9.17, 15) is 14.9 Å². The van der Waals surface area contributed by atoms with Crippen LogP contribution in [-0.4, -0.2) is 31.1 Å². The van der Waals surface area contributed by atoms with Crippen LogP contribution in [0.5, 0.6) is 0 Å². The van der Waals surface area contributed by atoms with Crippen LogP contribution in [0.3, 0.4) is 0 Å². The predicted octanol–water partition coefficient (Wildman–Crippen LogP) is 5.14. The fourth-order valence-corrected chi connectivity index (χ4v) is 5.58. The highest BCUT2D eigenvalue weighted by molar-refractivity contribution is 9.10. The summed E-state index contributed by atoms with van der Waals surface area (Å²) in [6.07, 6.45) is 3.74. The van der Waals surface area contributed by atoms with Crippen molar-refractivity contribution in [2.24, 2.45) is 5.41 Å². The zero-order chi connectivity index (χ0) is 24.6. The standard InChI is InChI=1S/C28H22BrN3O3/c1-35-27(34)28(17-30)23-16-13-18-7-5-6-10-22(18)32(23)25(24(28)19-11-14-20(29)15-12-19)26(33)31-21-8-3-2-4-9-21/h2-16,23-25H,1H3,(H,31,33). The fourth-order valence-electron chi connectivity index (χ4n) is 5.32. The number of benzene rings is 3. The monoisotopic (exact) mass is 527 g/mol. The highest BCUT2D eigenvalue weighted by atomic mass is 79.9. The third-order valence-electron chi connectivity index (χ3n) is 6.79. The highest BCUT2D eigenvalue weighted by Gasteiger charge is 2.67. The normalized spacial score (nSPS) is 24.1. The lowest BCUT2D eigenvalue weighted by Gasteiger charge is -2.36. The number of nitrogens with zero attached hydrogens (tertiary/aromatic N) is 2. The molecule has 7 heteroatoms. The largest absolute Gasteiger partial charge is 0.468 e. The van der Waals surface area contributed by atoms with Crippen molar-refractivity contribution in [3.8, 4) is 6.07 Å². The Morgan fingerprint density at radius 2 is 1.71 bits per heavy atom. The van der Waals surface area contributed by atoms with Crippen molar-refractivity contribution in [3.63, 3.8) is 0 Å². The minimum Gasteiger partial charge on any atom is -0.468 e. The second kappa shape index (κ2) is 9.05. The van der Waals surface area contributed by atoms with Crippen LogP contribution < -0.4 is 10.2 Å². The molecule has 6 nitrogen and oxygen atoms in total. The van der Waals surface area contributed by atoms with Crippen LogP contribution in [0.25, 0.3) is 6.08 Å². The summed E-state index contributed by atoms with van der Waals surface area (Å²) in [5, 5.41) is 13.6. The van der Waals surface area contributed by atoms with Gasteiger partial charge in [-0.2, -0.15) is 5.26 Å². The van der Waals surface area contributed by atoms with E-state index >= 15 is 0 Å². The lowest BCUT2D eigenvalue weighted by atomic mass is 9.68. The van der Waals surface area contributed by atoms with E-state index in [1.807, 2.05) is 83.8 Å². The number of fused-ring (bicyclic) bond motifs is 3. The van der Waals surface area contributed by atoms with E-state index in [1.54, 1.807) is 12.1 Å². The lowest BCUT2D eigenvalue weighted by Crippen LogP contribution is -2.47. The smallest absolute Gasteiger partial charge is 0.329 e. The summed E-state index contributed by atoms with van der Waals surface area (Å²) >= 11 is 3.46. The Morgan fingerprint density at radius 1 is 1.03 bits per heavy atom. The number of hydrogen-bond donors (Lipinski definition) is 1. The molecule has 1 amide bonds. The number of ether oxygens (including phenoxy) is 1. The van der Waals surface area contributed by atoms with Crippen molar-refractivity contribution in [1.82, 2.24) is 0 Å². The van der Waals surface area contributed by atoms with E-state index in [-0.39, 0.29) is 5.91 Å². The van der Waals surface area contributed by atoms with Crippen molar-refractivity contribution >= 4 is 45.3 Å². The van der Waals surface area contributed by atoms with Gasteiger partial charge in [0.05, 0.1) is 19.2 Å². The Morgan fingerprint density at radius 3 is 2.40 bits per heavy atom. The van der Waals surface area contributed by atoms with Gasteiger partial charge in [0.1, 0.15) is 6.04 Å². The molecule has 3 aromatic carbocycles. The quantitative estimate of drug-likeness (QED) is 0.475. The Labute approximate surface area is 212 Å². The van der Waals surface area contributed by atoms with Gasteiger partial charge < -0.3 is 15.0 Å². The summed E-state index contributed by atoms with van der Waals surface area (Å²) in [5.74, 6) is -1.76. The van der Waals surface area contributed by atoms with E-state index in [2.05, 4.69) is 27.3 Å². The van der Waals surface area contributed by atoms with Gasteiger partial charge in [0, 0.05) is 21.8 Å². The van der Waals surface area contributed by atoms with E-state index in [0.29, 0.717) is 11.3 Å². The van der Waals surface area contributed by atoms with Crippen LogP contribution in [0.4, 0.5) is 11.4 Å². The van der Waals surface area contributed by atoms with Gasteiger partial charge in [0.2, 0.25) is 5.91 Å². The first-order chi connectivity index (χ1) is 17.0. The van der Waals surface area contributed by atoms with Crippen LogP contribution in [0.1, 0.15) is 17.0 Å². The molecule has 35 heavy (non-hydrogen) atoms. The first kappa shape index (κ1) is 22.9. The molecule has 0 spiro atoms. The maximum Gasteiger partial charge on any atom is 0.329 e. The van der Waals surface area contributed by atoms with Gasteiger partial charge in [0.25, 0.3) is 0 Å². The van der Waals surface area contributed by atoms with Crippen molar-refractivity contribution in [1.29, 1.82) is 5.26 Å².